The molecule has 0 saturated carbocycles. The highest BCUT2D eigenvalue weighted by molar-refractivity contribution is 5.26. The molecule has 0 aliphatic rings. The minimum Gasteiger partial charge on any atom is -0.492 e. The fourth-order valence-corrected chi connectivity index (χ4v) is 1.92. The molecule has 2 unspecified atom stereocenters. The lowest BCUT2D eigenvalue weighted by molar-refractivity contribution is 0.106. The van der Waals surface area contributed by atoms with Crippen LogP contribution in [0, 0.1) is 0 Å². The van der Waals surface area contributed by atoms with E-state index in [1.54, 1.807) is 13.3 Å². The molecule has 1 rings (SSSR count). The Balaban J connectivity index is 2.63. The van der Waals surface area contributed by atoms with Crippen LogP contribution in [0.1, 0.15) is 44.7 Å². The lowest BCUT2D eigenvalue weighted by atomic mass is 10.0. The molecule has 0 aromatic carbocycles. The monoisotopic (exact) mass is 266 g/mol. The lowest BCUT2D eigenvalue weighted by Crippen LogP contribution is -2.19. The van der Waals surface area contributed by atoms with E-state index in [0.29, 0.717) is 0 Å². The fourth-order valence-electron chi connectivity index (χ4n) is 1.92. The second-order valence-corrected chi connectivity index (χ2v) is 4.77. The highest BCUT2D eigenvalue weighted by atomic mass is 16.5. The first-order valence-electron chi connectivity index (χ1n) is 6.99. The topological polar surface area (TPSA) is 43.4 Å². The van der Waals surface area contributed by atoms with Crippen LogP contribution in [0.2, 0.25) is 0 Å². The van der Waals surface area contributed by atoms with Crippen molar-refractivity contribution in [3.05, 3.63) is 24.0 Å². The van der Waals surface area contributed by atoms with E-state index in [9.17, 15) is 0 Å². The second-order valence-electron chi connectivity index (χ2n) is 4.77. The molecule has 0 fully saturated rings. The number of rotatable bonds is 9. The molecule has 0 aliphatic heterocycles. The maximum absolute atomic E-state index is 5.62. The summed E-state index contributed by atoms with van der Waals surface area (Å²) in [5, 5.41) is 3.33. The molecule has 4 heteroatoms. The van der Waals surface area contributed by atoms with Crippen molar-refractivity contribution in [2.24, 2.45) is 0 Å². The first-order valence-corrected chi connectivity index (χ1v) is 6.99. The van der Waals surface area contributed by atoms with Gasteiger partial charge in [-0.15, -0.1) is 0 Å². The Hall–Kier alpha value is -1.13. The maximum atomic E-state index is 5.62. The van der Waals surface area contributed by atoms with Crippen LogP contribution in [-0.4, -0.2) is 31.9 Å². The van der Waals surface area contributed by atoms with Crippen molar-refractivity contribution in [2.45, 2.75) is 45.3 Å². The summed E-state index contributed by atoms with van der Waals surface area (Å²) in [5.74, 6) is 0.847. The second kappa shape index (κ2) is 8.88. The van der Waals surface area contributed by atoms with Gasteiger partial charge in [-0.05, 0) is 44.9 Å². The van der Waals surface area contributed by atoms with Crippen LogP contribution in [0.25, 0.3) is 0 Å². The van der Waals surface area contributed by atoms with E-state index in [1.807, 2.05) is 13.2 Å². The van der Waals surface area contributed by atoms with Gasteiger partial charge in [0.2, 0.25) is 0 Å². The molecule has 4 nitrogen and oxygen atoms in total. The van der Waals surface area contributed by atoms with E-state index >= 15 is 0 Å². The number of ether oxygens (including phenoxy) is 2. The average Bonchev–Trinajstić information content (AvgIpc) is 2.46. The first kappa shape index (κ1) is 15.9. The number of pyridine rings is 1. The van der Waals surface area contributed by atoms with Crippen LogP contribution in [0.15, 0.2) is 18.5 Å². The molecule has 0 saturated heterocycles. The van der Waals surface area contributed by atoms with Crippen molar-refractivity contribution in [1.29, 1.82) is 0 Å². The summed E-state index contributed by atoms with van der Waals surface area (Å²) in [7, 11) is 3.72. The number of methoxy groups -OCH3 is 1. The van der Waals surface area contributed by atoms with Gasteiger partial charge in [0.15, 0.2) is 0 Å². The van der Waals surface area contributed by atoms with Crippen LogP contribution in [-0.2, 0) is 4.74 Å². The summed E-state index contributed by atoms with van der Waals surface area (Å²) in [5.41, 5.74) is 1.17. The van der Waals surface area contributed by atoms with Gasteiger partial charge in [-0.3, -0.25) is 4.98 Å². The zero-order valence-corrected chi connectivity index (χ0v) is 12.5. The minimum absolute atomic E-state index is 0.281. The van der Waals surface area contributed by atoms with Gasteiger partial charge in [0.05, 0.1) is 18.9 Å². The summed E-state index contributed by atoms with van der Waals surface area (Å²) >= 11 is 0. The summed E-state index contributed by atoms with van der Waals surface area (Å²) in [6.45, 7) is 4.92. The number of hydrogen-bond acceptors (Lipinski definition) is 4. The Bertz CT molecular complexity index is 358. The van der Waals surface area contributed by atoms with E-state index in [0.717, 1.165) is 31.6 Å². The quantitative estimate of drug-likeness (QED) is 0.746. The summed E-state index contributed by atoms with van der Waals surface area (Å²) in [6, 6.07) is 2.36. The molecule has 1 aromatic heterocycles. The Kier molecular flexibility index (Phi) is 7.45. The van der Waals surface area contributed by atoms with Crippen LogP contribution >= 0.6 is 0 Å². The van der Waals surface area contributed by atoms with Gasteiger partial charge in [-0.25, -0.2) is 0 Å². The predicted molar refractivity (Wildman–Crippen MR) is 77.5 cm³/mol. The van der Waals surface area contributed by atoms with E-state index in [4.69, 9.17) is 9.47 Å². The van der Waals surface area contributed by atoms with Crippen LogP contribution in [0.3, 0.4) is 0 Å². The van der Waals surface area contributed by atoms with Gasteiger partial charge in [0.1, 0.15) is 5.75 Å². The van der Waals surface area contributed by atoms with E-state index < -0.39 is 0 Å². The highest BCUT2D eigenvalue weighted by Gasteiger charge is 2.12. The van der Waals surface area contributed by atoms with E-state index in [-0.39, 0.29) is 12.1 Å². The minimum atomic E-state index is 0.281. The zero-order valence-electron chi connectivity index (χ0n) is 12.5. The smallest absolute Gasteiger partial charge is 0.137 e. The van der Waals surface area contributed by atoms with Crippen molar-refractivity contribution < 1.29 is 9.47 Å². The molecule has 0 spiro atoms. The molecule has 1 N–H and O–H groups in total. The molecule has 0 bridgehead atoms. The van der Waals surface area contributed by atoms with Crippen molar-refractivity contribution in [2.75, 3.05) is 20.8 Å². The van der Waals surface area contributed by atoms with Gasteiger partial charge >= 0.3 is 0 Å². The van der Waals surface area contributed by atoms with E-state index in [2.05, 4.69) is 30.2 Å². The standard InChI is InChI=1S/C15H26N2O2/c1-5-8-19-14-9-13(10-17-11-14)15(16-3)7-6-12(2)18-4/h9-12,15-16H,5-8H2,1-4H3. The Labute approximate surface area is 116 Å². The van der Waals surface area contributed by atoms with Gasteiger partial charge in [-0.1, -0.05) is 6.92 Å². The van der Waals surface area contributed by atoms with Gasteiger partial charge in [-0.2, -0.15) is 0 Å². The third-order valence-corrected chi connectivity index (χ3v) is 3.22. The first-order chi connectivity index (χ1) is 9.21. The molecule has 2 atom stereocenters. The third-order valence-electron chi connectivity index (χ3n) is 3.22. The van der Waals surface area contributed by atoms with Crippen molar-refractivity contribution in [1.82, 2.24) is 10.3 Å². The lowest BCUT2D eigenvalue weighted by Gasteiger charge is -2.19. The molecular formula is C15H26N2O2. The van der Waals surface area contributed by atoms with Gasteiger partial charge in [0, 0.05) is 19.3 Å². The van der Waals surface area contributed by atoms with Crippen LogP contribution in [0.5, 0.6) is 5.75 Å². The normalized spacial score (nSPS) is 14.1. The zero-order chi connectivity index (χ0) is 14.1. The highest BCUT2D eigenvalue weighted by Crippen LogP contribution is 2.22. The Morgan fingerprint density at radius 2 is 2.11 bits per heavy atom. The largest absolute Gasteiger partial charge is 0.492 e. The molecule has 0 radical (unpaired) electrons. The number of aromatic nitrogens is 1. The number of nitrogens with one attached hydrogen (secondary N) is 1. The fraction of sp³-hybridized carbons (Fsp3) is 0.667. The number of hydrogen-bond donors (Lipinski definition) is 1. The SMILES string of the molecule is CCCOc1cncc(C(CCC(C)OC)NC)c1. The third kappa shape index (κ3) is 5.57. The van der Waals surface area contributed by atoms with Crippen LogP contribution < -0.4 is 10.1 Å². The van der Waals surface area contributed by atoms with Gasteiger partial charge in [0.25, 0.3) is 0 Å². The molecule has 19 heavy (non-hydrogen) atoms. The number of nitrogens with zero attached hydrogens (tertiary/aromatic N) is 1. The van der Waals surface area contributed by atoms with Gasteiger partial charge < -0.3 is 14.8 Å². The Morgan fingerprint density at radius 3 is 2.74 bits per heavy atom. The molecular weight excluding hydrogens is 240 g/mol. The average molecular weight is 266 g/mol. The van der Waals surface area contributed by atoms with Crippen molar-refractivity contribution >= 4 is 0 Å². The molecule has 108 valence electrons. The van der Waals surface area contributed by atoms with Crippen LogP contribution in [0.4, 0.5) is 0 Å². The van der Waals surface area contributed by atoms with Crippen molar-refractivity contribution in [3.8, 4) is 5.75 Å². The Morgan fingerprint density at radius 1 is 1.32 bits per heavy atom. The molecule has 1 aromatic rings. The molecule has 0 amide bonds. The summed E-state index contributed by atoms with van der Waals surface area (Å²) < 4.78 is 10.9. The molecule has 1 heterocycles. The summed E-state index contributed by atoms with van der Waals surface area (Å²) in [6.07, 6.45) is 6.99. The predicted octanol–water partition coefficient (Wildman–Crippen LogP) is 2.95. The van der Waals surface area contributed by atoms with Crippen molar-refractivity contribution in [3.63, 3.8) is 0 Å². The summed E-state index contributed by atoms with van der Waals surface area (Å²) in [4.78, 5) is 4.26. The molecule has 0 aliphatic carbocycles. The van der Waals surface area contributed by atoms with E-state index in [1.165, 1.54) is 5.56 Å². The maximum Gasteiger partial charge on any atom is 0.137 e.